The van der Waals surface area contributed by atoms with E-state index in [0.29, 0.717) is 23.5 Å². The average Bonchev–Trinajstić information content (AvgIpc) is 3.32. The SMILES string of the molecule is CCCCCCCCCCCCSSCCCCCCOP(=O)(O)CO[C@H](C)Cn1cnc2c(N)ncnc21. The van der Waals surface area contributed by atoms with Crippen LogP contribution in [0.4, 0.5) is 5.82 Å². The van der Waals surface area contributed by atoms with E-state index >= 15 is 0 Å². The zero-order valence-electron chi connectivity index (χ0n) is 24.0. The van der Waals surface area contributed by atoms with Crippen molar-refractivity contribution in [2.24, 2.45) is 0 Å². The highest BCUT2D eigenvalue weighted by atomic mass is 33.1. The quantitative estimate of drug-likeness (QED) is 0.0658. The van der Waals surface area contributed by atoms with Crippen LogP contribution in [0.3, 0.4) is 0 Å². The Morgan fingerprint density at radius 2 is 1.51 bits per heavy atom. The summed E-state index contributed by atoms with van der Waals surface area (Å²) in [4.78, 5) is 22.4. The minimum Gasteiger partial charge on any atom is -0.382 e. The topological polar surface area (TPSA) is 125 Å². The van der Waals surface area contributed by atoms with E-state index in [-0.39, 0.29) is 19.1 Å². The summed E-state index contributed by atoms with van der Waals surface area (Å²) >= 11 is 0. The monoisotopic (exact) mass is 603 g/mol. The van der Waals surface area contributed by atoms with Gasteiger partial charge in [-0.3, -0.25) is 4.57 Å². The summed E-state index contributed by atoms with van der Waals surface area (Å²) in [6.45, 7) is 4.79. The van der Waals surface area contributed by atoms with Gasteiger partial charge in [-0.05, 0) is 26.2 Å². The van der Waals surface area contributed by atoms with Gasteiger partial charge in [0, 0.05) is 11.5 Å². The zero-order chi connectivity index (χ0) is 28.2. The Kier molecular flexibility index (Phi) is 18.5. The molecule has 0 aliphatic carbocycles. The molecule has 0 amide bonds. The highest BCUT2D eigenvalue weighted by molar-refractivity contribution is 8.76. The van der Waals surface area contributed by atoms with Crippen LogP contribution in [0.25, 0.3) is 11.2 Å². The van der Waals surface area contributed by atoms with Gasteiger partial charge < -0.3 is 24.5 Å². The van der Waals surface area contributed by atoms with Crippen LogP contribution in [0, 0.1) is 0 Å². The van der Waals surface area contributed by atoms with E-state index in [9.17, 15) is 9.46 Å². The molecule has 0 aliphatic rings. The molecule has 3 N–H and O–H groups in total. The number of imidazole rings is 1. The summed E-state index contributed by atoms with van der Waals surface area (Å²) in [5.74, 6) is 2.74. The molecule has 0 aliphatic heterocycles. The Morgan fingerprint density at radius 1 is 0.923 bits per heavy atom. The Morgan fingerprint density at radius 3 is 2.15 bits per heavy atom. The molecule has 2 aromatic rings. The molecule has 9 nitrogen and oxygen atoms in total. The summed E-state index contributed by atoms with van der Waals surface area (Å²) in [5, 5.41) is 0. The van der Waals surface area contributed by atoms with Crippen molar-refractivity contribution in [3.8, 4) is 0 Å². The van der Waals surface area contributed by atoms with Gasteiger partial charge in [0.05, 0.1) is 25.6 Å². The van der Waals surface area contributed by atoms with Crippen molar-refractivity contribution < 1.29 is 18.7 Å². The fourth-order valence-electron chi connectivity index (χ4n) is 4.21. The van der Waals surface area contributed by atoms with Crippen LogP contribution in [0.15, 0.2) is 12.7 Å². The second kappa shape index (κ2) is 20.9. The van der Waals surface area contributed by atoms with Gasteiger partial charge in [-0.1, -0.05) is 99.1 Å². The molecule has 2 heterocycles. The van der Waals surface area contributed by atoms with Gasteiger partial charge in [-0.25, -0.2) is 15.0 Å². The van der Waals surface area contributed by atoms with Crippen LogP contribution in [0.5, 0.6) is 0 Å². The maximum Gasteiger partial charge on any atom is 0.353 e. The third-order valence-electron chi connectivity index (χ3n) is 6.49. The van der Waals surface area contributed by atoms with Gasteiger partial charge in [0.15, 0.2) is 11.5 Å². The van der Waals surface area contributed by atoms with Gasteiger partial charge in [0.2, 0.25) is 0 Å². The summed E-state index contributed by atoms with van der Waals surface area (Å²) in [6.07, 6.45) is 20.3. The summed E-state index contributed by atoms with van der Waals surface area (Å²) in [5.41, 5.74) is 6.95. The van der Waals surface area contributed by atoms with Gasteiger partial charge in [-0.15, -0.1) is 0 Å². The summed E-state index contributed by atoms with van der Waals surface area (Å²) in [7, 11) is 0.196. The predicted octanol–water partition coefficient (Wildman–Crippen LogP) is 7.84. The lowest BCUT2D eigenvalue weighted by Crippen LogP contribution is -2.17. The Balaban J connectivity index is 1.38. The molecule has 2 aromatic heterocycles. The lowest BCUT2D eigenvalue weighted by Gasteiger charge is -2.17. The number of ether oxygens (including phenoxy) is 1. The molecule has 0 spiro atoms. The summed E-state index contributed by atoms with van der Waals surface area (Å²) in [6, 6.07) is 0. The van der Waals surface area contributed by atoms with E-state index in [2.05, 4.69) is 21.9 Å². The molecular formula is C27H50N5O4PS2. The van der Waals surface area contributed by atoms with Crippen LogP contribution in [-0.2, 0) is 20.4 Å². The third kappa shape index (κ3) is 15.7. The molecule has 0 radical (unpaired) electrons. The molecule has 224 valence electrons. The van der Waals surface area contributed by atoms with Crippen molar-refractivity contribution in [2.45, 2.75) is 116 Å². The molecule has 0 saturated carbocycles. The molecule has 0 bridgehead atoms. The second-order valence-electron chi connectivity index (χ2n) is 10.1. The first-order valence-electron chi connectivity index (χ1n) is 14.7. The minimum atomic E-state index is -3.79. The van der Waals surface area contributed by atoms with Crippen molar-refractivity contribution >= 4 is 46.2 Å². The molecule has 39 heavy (non-hydrogen) atoms. The van der Waals surface area contributed by atoms with Gasteiger partial charge in [0.1, 0.15) is 18.2 Å². The van der Waals surface area contributed by atoms with Crippen molar-refractivity contribution in [1.29, 1.82) is 0 Å². The van der Waals surface area contributed by atoms with E-state index in [1.54, 1.807) is 10.9 Å². The number of hydrogen-bond acceptors (Lipinski definition) is 9. The highest BCUT2D eigenvalue weighted by Crippen LogP contribution is 2.42. The Hall–Kier alpha value is -0.840. The van der Waals surface area contributed by atoms with E-state index in [1.807, 2.05) is 28.5 Å². The fraction of sp³-hybridized carbons (Fsp3) is 0.815. The first-order chi connectivity index (χ1) is 18.9. The molecule has 1 unspecified atom stereocenters. The number of unbranched alkanes of at least 4 members (excludes halogenated alkanes) is 12. The van der Waals surface area contributed by atoms with Crippen LogP contribution in [0.1, 0.15) is 104 Å². The first-order valence-corrected chi connectivity index (χ1v) is 18.9. The fourth-order valence-corrected chi connectivity index (χ4v) is 7.44. The zero-order valence-corrected chi connectivity index (χ0v) is 26.5. The second-order valence-corrected chi connectivity index (χ2v) is 14.6. The molecule has 0 saturated heterocycles. The lowest BCUT2D eigenvalue weighted by atomic mass is 10.1. The minimum absolute atomic E-state index is 0.272. The third-order valence-corrected chi connectivity index (χ3v) is 10.1. The van der Waals surface area contributed by atoms with Crippen molar-refractivity contribution in [3.63, 3.8) is 0 Å². The molecule has 12 heteroatoms. The highest BCUT2D eigenvalue weighted by Gasteiger charge is 2.21. The van der Waals surface area contributed by atoms with Gasteiger partial charge in [0.25, 0.3) is 0 Å². The van der Waals surface area contributed by atoms with E-state index < -0.39 is 7.60 Å². The molecule has 2 atom stereocenters. The number of aromatic nitrogens is 4. The van der Waals surface area contributed by atoms with Crippen molar-refractivity contribution in [1.82, 2.24) is 19.5 Å². The van der Waals surface area contributed by atoms with Crippen LogP contribution in [0.2, 0.25) is 0 Å². The van der Waals surface area contributed by atoms with Crippen LogP contribution < -0.4 is 5.73 Å². The molecular weight excluding hydrogens is 553 g/mol. The maximum atomic E-state index is 12.3. The van der Waals surface area contributed by atoms with E-state index in [0.717, 1.165) is 19.3 Å². The lowest BCUT2D eigenvalue weighted by molar-refractivity contribution is 0.0715. The Labute approximate surface area is 243 Å². The Bertz CT molecular complexity index is 952. The number of nitrogen functional groups attached to an aromatic ring is 1. The number of nitrogens with two attached hydrogens (primary N) is 1. The van der Waals surface area contributed by atoms with Crippen molar-refractivity contribution in [2.75, 3.05) is 30.2 Å². The van der Waals surface area contributed by atoms with Crippen molar-refractivity contribution in [3.05, 3.63) is 12.7 Å². The number of nitrogens with zero attached hydrogens (tertiary/aromatic N) is 4. The molecule has 0 fully saturated rings. The molecule has 0 aromatic carbocycles. The summed E-state index contributed by atoms with van der Waals surface area (Å²) < 4.78 is 24.9. The van der Waals surface area contributed by atoms with Crippen LogP contribution >= 0.6 is 29.2 Å². The van der Waals surface area contributed by atoms with E-state index in [1.165, 1.54) is 88.5 Å². The number of anilines is 1. The van der Waals surface area contributed by atoms with E-state index in [4.69, 9.17) is 15.0 Å². The predicted molar refractivity (Wildman–Crippen MR) is 166 cm³/mol. The number of rotatable bonds is 25. The van der Waals surface area contributed by atoms with Crippen LogP contribution in [-0.4, -0.2) is 55.0 Å². The number of fused-ring (bicyclic) bond motifs is 1. The van der Waals surface area contributed by atoms with Gasteiger partial charge >= 0.3 is 7.60 Å². The maximum absolute atomic E-state index is 12.3. The number of hydrogen-bond donors (Lipinski definition) is 2. The molecule has 2 rings (SSSR count). The average molecular weight is 604 g/mol. The van der Waals surface area contributed by atoms with Gasteiger partial charge in [-0.2, -0.15) is 0 Å². The first kappa shape index (κ1) is 34.4. The largest absolute Gasteiger partial charge is 0.382 e. The smallest absolute Gasteiger partial charge is 0.353 e. The normalized spacial score (nSPS) is 14.1. The standard InChI is InChI=1S/C27H50N5O4PS2/c1-3-4-5-6-7-8-9-10-12-15-18-38-39-19-16-13-11-14-17-36-37(33,34)23-35-24(2)20-32-22-31-25-26(28)29-21-30-27(25)32/h21-22,24H,3-20,23H2,1-2H3,(H,33,34)(H2,28,29,30)/t24-/m1/s1.